The fraction of sp³-hybridized carbons (Fsp3) is 0.360. The van der Waals surface area contributed by atoms with E-state index in [4.69, 9.17) is 10.7 Å². The molecule has 0 spiro atoms. The lowest BCUT2D eigenvalue weighted by atomic mass is 9.88. The number of nitrogens with one attached hydrogen (secondary N) is 1. The summed E-state index contributed by atoms with van der Waals surface area (Å²) >= 11 is 0. The summed E-state index contributed by atoms with van der Waals surface area (Å²) < 4.78 is 0. The van der Waals surface area contributed by atoms with Crippen molar-refractivity contribution in [3.05, 3.63) is 77.0 Å². The van der Waals surface area contributed by atoms with Crippen molar-refractivity contribution in [2.24, 2.45) is 5.73 Å². The zero-order valence-corrected chi connectivity index (χ0v) is 18.1. The highest BCUT2D eigenvalue weighted by Gasteiger charge is 2.21. The summed E-state index contributed by atoms with van der Waals surface area (Å²) in [4.78, 5) is 14.2. The molecule has 3 N–H and O–H groups in total. The Morgan fingerprint density at radius 2 is 1.97 bits per heavy atom. The third-order valence-electron chi connectivity index (χ3n) is 6.46. The van der Waals surface area contributed by atoms with E-state index in [1.54, 1.807) is 6.20 Å². The molecule has 1 fully saturated rings. The van der Waals surface area contributed by atoms with Crippen LogP contribution < -0.4 is 11.1 Å². The van der Waals surface area contributed by atoms with Crippen molar-refractivity contribution >= 4 is 16.8 Å². The van der Waals surface area contributed by atoms with Crippen LogP contribution in [0.15, 0.2) is 54.4 Å². The summed E-state index contributed by atoms with van der Waals surface area (Å²) in [5.74, 6) is 0.818. The number of anilines is 1. The zero-order chi connectivity index (χ0) is 21.2. The smallest absolute Gasteiger partial charge is 0.159 e. The highest BCUT2D eigenvalue weighted by molar-refractivity contribution is 5.87. The van der Waals surface area contributed by atoms with Crippen molar-refractivity contribution in [3.8, 4) is 0 Å². The average Bonchev–Trinajstić information content (AvgIpc) is 3.24. The monoisotopic (exact) mass is 414 g/mol. The third-order valence-corrected chi connectivity index (χ3v) is 6.46. The Labute approximate surface area is 184 Å². The summed E-state index contributed by atoms with van der Waals surface area (Å²) in [6.07, 6.45) is 9.87. The maximum atomic E-state index is 6.01. The first-order valence-corrected chi connectivity index (χ1v) is 11.1. The van der Waals surface area contributed by atoms with E-state index >= 15 is 0 Å². The van der Waals surface area contributed by atoms with Gasteiger partial charge in [0.25, 0.3) is 0 Å². The van der Waals surface area contributed by atoms with Crippen LogP contribution in [0, 0.1) is 0 Å². The van der Waals surface area contributed by atoms with Crippen LogP contribution in [0.4, 0.5) is 5.69 Å². The maximum Gasteiger partial charge on any atom is 0.159 e. The molecule has 6 heteroatoms. The first-order chi connectivity index (χ1) is 15.2. The number of hydrogen-bond donors (Lipinski definition) is 2. The highest BCUT2D eigenvalue weighted by Crippen LogP contribution is 2.36. The van der Waals surface area contributed by atoms with Crippen LogP contribution in [0.3, 0.4) is 0 Å². The fourth-order valence-electron chi connectivity index (χ4n) is 4.38. The van der Waals surface area contributed by atoms with E-state index in [1.165, 1.54) is 11.1 Å². The number of nitrogens with two attached hydrogens (primary N) is 1. The topological polar surface area (TPSA) is 70.3 Å². The van der Waals surface area contributed by atoms with E-state index in [9.17, 15) is 0 Å². The van der Waals surface area contributed by atoms with Gasteiger partial charge in [-0.15, -0.1) is 0 Å². The lowest BCUT2D eigenvalue weighted by Crippen LogP contribution is -2.43. The van der Waals surface area contributed by atoms with Gasteiger partial charge in [-0.3, -0.25) is 4.90 Å². The Hall–Kier alpha value is -2.96. The predicted molar refractivity (Wildman–Crippen MR) is 126 cm³/mol. The van der Waals surface area contributed by atoms with Crippen LogP contribution in [0.5, 0.6) is 0 Å². The van der Waals surface area contributed by atoms with Crippen molar-refractivity contribution < 1.29 is 0 Å². The van der Waals surface area contributed by atoms with Crippen molar-refractivity contribution in [2.75, 3.05) is 45.1 Å². The molecule has 0 atom stereocenters. The second-order valence-electron chi connectivity index (χ2n) is 8.62. The van der Waals surface area contributed by atoms with Crippen LogP contribution in [-0.2, 0) is 13.0 Å². The molecule has 1 saturated heterocycles. The van der Waals surface area contributed by atoms with Crippen LogP contribution >= 0.6 is 0 Å². The molecule has 1 aromatic carbocycles. The Morgan fingerprint density at radius 1 is 1.16 bits per heavy atom. The normalized spacial score (nSPS) is 20.9. The first kappa shape index (κ1) is 20.0. The third kappa shape index (κ3) is 4.27. The van der Waals surface area contributed by atoms with Gasteiger partial charge in [0, 0.05) is 57.5 Å². The molecule has 5 rings (SSSR count). The van der Waals surface area contributed by atoms with Gasteiger partial charge >= 0.3 is 0 Å². The highest BCUT2D eigenvalue weighted by atomic mass is 15.2. The number of rotatable bonds is 5. The molecular formula is C25H30N6. The lowest BCUT2D eigenvalue weighted by Gasteiger charge is -2.32. The summed E-state index contributed by atoms with van der Waals surface area (Å²) in [6.45, 7) is 6.51. The van der Waals surface area contributed by atoms with Gasteiger partial charge in [-0.25, -0.2) is 9.97 Å². The second kappa shape index (κ2) is 8.65. The number of benzene rings is 1. The average molecular weight is 415 g/mol. The van der Waals surface area contributed by atoms with Crippen molar-refractivity contribution in [2.45, 2.75) is 19.4 Å². The molecule has 160 valence electrons. The summed E-state index contributed by atoms with van der Waals surface area (Å²) in [7, 11) is 2.19. The van der Waals surface area contributed by atoms with Gasteiger partial charge in [0.2, 0.25) is 0 Å². The SMILES string of the molecule is CN1CCN(Cc2ccc(C(/C=C3\CC=C3c3ncc4c(n3)CCN4)=C/N)cc2)CC1. The maximum absolute atomic E-state index is 6.01. The number of aromatic nitrogens is 2. The molecule has 2 aromatic rings. The van der Waals surface area contributed by atoms with E-state index in [2.05, 4.69) is 63.6 Å². The van der Waals surface area contributed by atoms with Gasteiger partial charge < -0.3 is 16.0 Å². The number of piperazine rings is 1. The molecule has 0 saturated carbocycles. The van der Waals surface area contributed by atoms with Crippen molar-refractivity contribution in [3.63, 3.8) is 0 Å². The molecule has 0 amide bonds. The van der Waals surface area contributed by atoms with Crippen molar-refractivity contribution in [1.29, 1.82) is 0 Å². The second-order valence-corrected chi connectivity index (χ2v) is 8.62. The van der Waals surface area contributed by atoms with Gasteiger partial charge in [-0.2, -0.15) is 0 Å². The molecular weight excluding hydrogens is 384 g/mol. The van der Waals surface area contributed by atoms with E-state index < -0.39 is 0 Å². The molecule has 0 unspecified atom stereocenters. The number of allylic oxidation sites excluding steroid dienone is 5. The van der Waals surface area contributed by atoms with Gasteiger partial charge in [-0.05, 0) is 41.8 Å². The minimum atomic E-state index is 0.818. The van der Waals surface area contributed by atoms with Crippen LogP contribution in [0.25, 0.3) is 11.1 Å². The van der Waals surface area contributed by atoms with E-state index in [0.29, 0.717) is 0 Å². The minimum absolute atomic E-state index is 0.818. The van der Waals surface area contributed by atoms with Gasteiger partial charge in [0.1, 0.15) is 0 Å². The van der Waals surface area contributed by atoms with E-state index in [-0.39, 0.29) is 0 Å². The Bertz CT molecular complexity index is 1040. The van der Waals surface area contributed by atoms with Crippen LogP contribution in [0.1, 0.15) is 29.1 Å². The Morgan fingerprint density at radius 3 is 2.68 bits per heavy atom. The largest absolute Gasteiger partial charge is 0.404 e. The molecule has 1 aliphatic carbocycles. The van der Waals surface area contributed by atoms with Gasteiger partial charge in [0.15, 0.2) is 5.82 Å². The first-order valence-electron chi connectivity index (χ1n) is 11.1. The van der Waals surface area contributed by atoms with Gasteiger partial charge in [0.05, 0.1) is 17.6 Å². The molecule has 3 aliphatic rings. The van der Waals surface area contributed by atoms with Crippen LogP contribution in [-0.4, -0.2) is 59.5 Å². The molecule has 2 aliphatic heterocycles. The molecule has 31 heavy (non-hydrogen) atoms. The number of hydrogen-bond acceptors (Lipinski definition) is 6. The standard InChI is InChI=1S/C25H30N6/c1-30-10-12-31(13-11-30)17-18-2-4-19(5-3-18)21(15-26)14-20-6-7-22(20)25-28-16-24-23(29-25)8-9-27-24/h2-5,7,14-16,27H,6,8-13,17,26H2,1H3/b20-14+,21-15+. The lowest BCUT2D eigenvalue weighted by molar-refractivity contribution is 0.148. The Kier molecular flexibility index (Phi) is 5.57. The molecule has 3 heterocycles. The molecule has 0 radical (unpaired) electrons. The van der Waals surface area contributed by atoms with Gasteiger partial charge in [-0.1, -0.05) is 30.3 Å². The minimum Gasteiger partial charge on any atom is -0.404 e. The molecule has 0 bridgehead atoms. The number of nitrogens with zero attached hydrogens (tertiary/aromatic N) is 4. The van der Waals surface area contributed by atoms with Crippen molar-refractivity contribution in [1.82, 2.24) is 19.8 Å². The summed E-state index contributed by atoms with van der Waals surface area (Å²) in [6, 6.07) is 8.81. The summed E-state index contributed by atoms with van der Waals surface area (Å²) in [5.41, 5.74) is 14.1. The van der Waals surface area contributed by atoms with Crippen LogP contribution in [0.2, 0.25) is 0 Å². The number of fused-ring (bicyclic) bond motifs is 1. The predicted octanol–water partition coefficient (Wildman–Crippen LogP) is 2.91. The Balaban J connectivity index is 1.28. The molecule has 6 nitrogen and oxygen atoms in total. The van der Waals surface area contributed by atoms with E-state index in [0.717, 1.165) is 86.0 Å². The quantitative estimate of drug-likeness (QED) is 0.784. The zero-order valence-electron chi connectivity index (χ0n) is 18.1. The van der Waals surface area contributed by atoms with E-state index in [1.807, 2.05) is 6.20 Å². The summed E-state index contributed by atoms with van der Waals surface area (Å²) in [5, 5.41) is 3.32. The number of likely N-dealkylation sites (N-methyl/N-ethyl adjacent to an activating group) is 1. The molecule has 1 aromatic heterocycles. The fourth-order valence-corrected chi connectivity index (χ4v) is 4.38.